The Balaban J connectivity index is 1.09. The molecule has 0 aliphatic heterocycles. The molecule has 13 aromatic rings. The first-order chi connectivity index (χ1) is 28.8. The summed E-state index contributed by atoms with van der Waals surface area (Å²) in [6.45, 7) is 0. The van der Waals surface area contributed by atoms with E-state index in [1.807, 2.05) is 6.07 Å². The molecule has 0 atom stereocenters. The van der Waals surface area contributed by atoms with E-state index in [2.05, 4.69) is 188 Å². The second-order valence-corrected chi connectivity index (χ2v) is 15.4. The van der Waals surface area contributed by atoms with Crippen LogP contribution in [-0.4, -0.2) is 0 Å². The molecule has 2 aromatic heterocycles. The van der Waals surface area contributed by atoms with Crippen LogP contribution in [0.5, 0.6) is 0 Å². The number of hydrogen-bond acceptors (Lipinski definition) is 2. The van der Waals surface area contributed by atoms with Gasteiger partial charge in [0.2, 0.25) is 0 Å². The maximum atomic E-state index is 6.95. The maximum Gasteiger partial charge on any atom is 0.143 e. The van der Waals surface area contributed by atoms with Gasteiger partial charge in [-0.25, -0.2) is 0 Å². The van der Waals surface area contributed by atoms with Gasteiger partial charge in [0.25, 0.3) is 0 Å². The lowest BCUT2D eigenvalue weighted by atomic mass is 9.84. The Morgan fingerprint density at radius 1 is 0.241 bits per heavy atom. The minimum absolute atomic E-state index is 0.902. The molecule has 13 rings (SSSR count). The topological polar surface area (TPSA) is 26.3 Å². The molecule has 58 heavy (non-hydrogen) atoms. The van der Waals surface area contributed by atoms with E-state index in [0.717, 1.165) is 49.3 Å². The molecule has 0 fully saturated rings. The van der Waals surface area contributed by atoms with Crippen molar-refractivity contribution in [3.63, 3.8) is 0 Å². The molecular weight excluding hydrogens is 705 g/mol. The van der Waals surface area contributed by atoms with Gasteiger partial charge < -0.3 is 8.83 Å². The molecular formula is C56H32O2. The van der Waals surface area contributed by atoms with E-state index >= 15 is 0 Å². The van der Waals surface area contributed by atoms with Crippen molar-refractivity contribution in [3.05, 3.63) is 194 Å². The Labute approximate surface area is 332 Å². The molecule has 0 aliphatic rings. The summed E-state index contributed by atoms with van der Waals surface area (Å²) in [6.07, 6.45) is 0. The Morgan fingerprint density at radius 3 is 1.45 bits per heavy atom. The van der Waals surface area contributed by atoms with Crippen molar-refractivity contribution in [2.45, 2.75) is 0 Å². The Hall–Kier alpha value is -7.68. The second kappa shape index (κ2) is 11.9. The van der Waals surface area contributed by atoms with Gasteiger partial charge in [-0.05, 0) is 101 Å². The molecule has 2 heteroatoms. The number of fused-ring (bicyclic) bond motifs is 15. The van der Waals surface area contributed by atoms with E-state index in [1.165, 1.54) is 81.9 Å². The third-order valence-corrected chi connectivity index (χ3v) is 12.4. The van der Waals surface area contributed by atoms with Crippen molar-refractivity contribution in [1.82, 2.24) is 0 Å². The average Bonchev–Trinajstić information content (AvgIpc) is 3.88. The first kappa shape index (κ1) is 31.5. The van der Waals surface area contributed by atoms with Crippen LogP contribution < -0.4 is 0 Å². The van der Waals surface area contributed by atoms with E-state index in [4.69, 9.17) is 8.83 Å². The predicted molar refractivity (Wildman–Crippen MR) is 245 cm³/mol. The molecule has 0 unspecified atom stereocenters. The van der Waals surface area contributed by atoms with Crippen LogP contribution in [0.15, 0.2) is 203 Å². The highest BCUT2D eigenvalue weighted by atomic mass is 16.3. The molecule has 0 saturated heterocycles. The Bertz CT molecular complexity index is 3800. The van der Waals surface area contributed by atoms with Crippen molar-refractivity contribution in [1.29, 1.82) is 0 Å². The number of hydrogen-bond donors (Lipinski definition) is 0. The fraction of sp³-hybridized carbons (Fsp3) is 0. The van der Waals surface area contributed by atoms with Crippen LogP contribution in [0, 0.1) is 0 Å². The van der Waals surface area contributed by atoms with Gasteiger partial charge >= 0.3 is 0 Å². The van der Waals surface area contributed by atoms with Crippen molar-refractivity contribution in [2.24, 2.45) is 0 Å². The third-order valence-electron chi connectivity index (χ3n) is 12.4. The van der Waals surface area contributed by atoms with Crippen LogP contribution in [-0.2, 0) is 0 Å². The van der Waals surface area contributed by atoms with Crippen LogP contribution >= 0.6 is 0 Å². The van der Waals surface area contributed by atoms with Gasteiger partial charge in [0.15, 0.2) is 0 Å². The molecule has 11 aromatic carbocycles. The minimum atomic E-state index is 0.902. The standard InChI is InChI=1S/C56H32O2/c1-4-20-38-35(17-1)36-18-2-10-26-44(36)56-54(38)48-32-47(37-19-3-9-25-43(37)55(48)58-56)33-15-13-16-34(31-33)51-39-21-5-7-23-41(39)52(42-24-8-6-22-40(42)51)46-28-14-30-50-53(46)45-27-11-12-29-49(45)57-50/h1-32H. The normalized spacial score (nSPS) is 12.1. The van der Waals surface area contributed by atoms with E-state index in [1.54, 1.807) is 0 Å². The highest BCUT2D eigenvalue weighted by molar-refractivity contribution is 6.33. The predicted octanol–water partition coefficient (Wildman–Crippen LogP) is 16.3. The summed E-state index contributed by atoms with van der Waals surface area (Å²) in [7, 11) is 0. The fourth-order valence-electron chi connectivity index (χ4n) is 10.0. The van der Waals surface area contributed by atoms with Crippen LogP contribution in [0.25, 0.3) is 131 Å². The lowest BCUT2D eigenvalue weighted by molar-refractivity contribution is 0.669. The van der Waals surface area contributed by atoms with Gasteiger partial charge in [0, 0.05) is 32.3 Å². The van der Waals surface area contributed by atoms with E-state index in [0.29, 0.717) is 0 Å². The van der Waals surface area contributed by atoms with Gasteiger partial charge in [0.1, 0.15) is 22.3 Å². The molecule has 0 radical (unpaired) electrons. The SMILES string of the molecule is c1cc(-c2c3ccccc3c(-c3cccc4oc5ccccc5c34)c3ccccc23)cc(-c2cc3c(oc4c5ccccc5c5ccccc5c34)c3ccccc23)c1. The summed E-state index contributed by atoms with van der Waals surface area (Å²) in [6, 6.07) is 70.2. The van der Waals surface area contributed by atoms with Crippen LogP contribution in [0.4, 0.5) is 0 Å². The molecule has 0 saturated carbocycles. The number of furan rings is 2. The number of rotatable bonds is 3. The van der Waals surface area contributed by atoms with Crippen LogP contribution in [0.3, 0.4) is 0 Å². The molecule has 2 heterocycles. The smallest absolute Gasteiger partial charge is 0.143 e. The highest BCUT2D eigenvalue weighted by Gasteiger charge is 2.22. The molecule has 0 spiro atoms. The van der Waals surface area contributed by atoms with E-state index in [9.17, 15) is 0 Å². The highest BCUT2D eigenvalue weighted by Crippen LogP contribution is 2.49. The molecule has 2 nitrogen and oxygen atoms in total. The molecule has 0 bridgehead atoms. The largest absolute Gasteiger partial charge is 0.456 e. The minimum Gasteiger partial charge on any atom is -0.456 e. The third kappa shape index (κ3) is 4.32. The van der Waals surface area contributed by atoms with Crippen LogP contribution in [0.1, 0.15) is 0 Å². The zero-order valence-corrected chi connectivity index (χ0v) is 31.3. The Morgan fingerprint density at radius 2 is 0.741 bits per heavy atom. The summed E-state index contributed by atoms with van der Waals surface area (Å²) in [4.78, 5) is 0. The van der Waals surface area contributed by atoms with Gasteiger partial charge in [-0.2, -0.15) is 0 Å². The van der Waals surface area contributed by atoms with Gasteiger partial charge in [-0.3, -0.25) is 0 Å². The monoisotopic (exact) mass is 736 g/mol. The second-order valence-electron chi connectivity index (χ2n) is 15.4. The van der Waals surface area contributed by atoms with Crippen molar-refractivity contribution in [2.75, 3.05) is 0 Å². The quantitative estimate of drug-likeness (QED) is 0.133. The lowest BCUT2D eigenvalue weighted by Crippen LogP contribution is -1.92. The first-order valence-electron chi connectivity index (χ1n) is 19.9. The van der Waals surface area contributed by atoms with Crippen molar-refractivity contribution >= 4 is 97.7 Å². The molecule has 0 aliphatic carbocycles. The summed E-state index contributed by atoms with van der Waals surface area (Å²) < 4.78 is 13.4. The summed E-state index contributed by atoms with van der Waals surface area (Å²) in [5.41, 5.74) is 10.9. The van der Waals surface area contributed by atoms with E-state index in [-0.39, 0.29) is 0 Å². The first-order valence-corrected chi connectivity index (χ1v) is 19.9. The summed E-state index contributed by atoms with van der Waals surface area (Å²) in [5, 5.41) is 16.6. The number of para-hydroxylation sites is 1. The maximum absolute atomic E-state index is 6.95. The molecule has 268 valence electrons. The van der Waals surface area contributed by atoms with Crippen molar-refractivity contribution < 1.29 is 8.83 Å². The average molecular weight is 737 g/mol. The fourth-order valence-corrected chi connectivity index (χ4v) is 10.0. The van der Waals surface area contributed by atoms with Gasteiger partial charge in [-0.15, -0.1) is 0 Å². The molecule has 0 amide bonds. The van der Waals surface area contributed by atoms with E-state index < -0.39 is 0 Å². The zero-order chi connectivity index (χ0) is 37.9. The summed E-state index contributed by atoms with van der Waals surface area (Å²) in [5.74, 6) is 0. The van der Waals surface area contributed by atoms with Gasteiger partial charge in [0.05, 0.1) is 0 Å². The van der Waals surface area contributed by atoms with Gasteiger partial charge in [-0.1, -0.05) is 170 Å². The Kier molecular flexibility index (Phi) is 6.47. The molecule has 0 N–H and O–H groups in total. The van der Waals surface area contributed by atoms with Crippen LogP contribution in [0.2, 0.25) is 0 Å². The number of benzene rings is 11. The zero-order valence-electron chi connectivity index (χ0n) is 31.3. The lowest BCUT2D eigenvalue weighted by Gasteiger charge is -2.19. The summed E-state index contributed by atoms with van der Waals surface area (Å²) >= 11 is 0. The van der Waals surface area contributed by atoms with Crippen molar-refractivity contribution in [3.8, 4) is 33.4 Å².